The number of benzene rings is 1. The van der Waals surface area contributed by atoms with Crippen LogP contribution in [0.1, 0.15) is 18.7 Å². The molecular formula is C21H20N4O3S2. The van der Waals surface area contributed by atoms with E-state index >= 15 is 0 Å². The Hall–Kier alpha value is -2.62. The summed E-state index contributed by atoms with van der Waals surface area (Å²) in [4.78, 5) is 9.06. The standard InChI is InChI=1S/C21H20N4O3S2/c26-30(27,18-7-1-5-16-6-2-9-22-20(16)18)25-10-3-4-15(13-25)12-19-23-21(24-28-19)17-8-11-29-14-17/h1-2,5-9,11,14-15H,3-4,10,12-13H2/t15-/m0/s1. The van der Waals surface area contributed by atoms with Crippen LogP contribution in [0.4, 0.5) is 0 Å². The van der Waals surface area contributed by atoms with Crippen molar-refractivity contribution in [1.82, 2.24) is 19.4 Å². The maximum absolute atomic E-state index is 13.4. The number of thiophene rings is 1. The Morgan fingerprint density at radius 1 is 1.20 bits per heavy atom. The molecule has 1 aromatic carbocycles. The smallest absolute Gasteiger partial charge is 0.245 e. The predicted octanol–water partition coefficient (Wildman–Crippen LogP) is 3.99. The molecule has 0 spiro atoms. The molecule has 0 N–H and O–H groups in total. The normalized spacial score (nSPS) is 18.1. The van der Waals surface area contributed by atoms with Gasteiger partial charge in [-0.05, 0) is 42.3 Å². The second kappa shape index (κ2) is 7.90. The van der Waals surface area contributed by atoms with Crippen molar-refractivity contribution in [3.63, 3.8) is 0 Å². The van der Waals surface area contributed by atoms with Crippen LogP contribution >= 0.6 is 11.3 Å². The van der Waals surface area contributed by atoms with Gasteiger partial charge >= 0.3 is 0 Å². The van der Waals surface area contributed by atoms with Crippen LogP contribution < -0.4 is 0 Å². The van der Waals surface area contributed by atoms with E-state index < -0.39 is 10.0 Å². The number of aromatic nitrogens is 3. The highest BCUT2D eigenvalue weighted by atomic mass is 32.2. The lowest BCUT2D eigenvalue weighted by Gasteiger charge is -2.31. The first kappa shape index (κ1) is 19.3. The van der Waals surface area contributed by atoms with Gasteiger partial charge in [-0.1, -0.05) is 23.4 Å². The second-order valence-electron chi connectivity index (χ2n) is 7.43. The molecule has 30 heavy (non-hydrogen) atoms. The Kier molecular flexibility index (Phi) is 5.10. The van der Waals surface area contributed by atoms with E-state index in [1.807, 2.05) is 35.0 Å². The third-order valence-corrected chi connectivity index (χ3v) is 7.99. The molecule has 3 aromatic heterocycles. The van der Waals surface area contributed by atoms with Crippen molar-refractivity contribution in [3.05, 3.63) is 59.2 Å². The minimum absolute atomic E-state index is 0.132. The average Bonchev–Trinajstić information content (AvgIpc) is 3.45. The van der Waals surface area contributed by atoms with Crippen LogP contribution in [0.5, 0.6) is 0 Å². The molecule has 0 unspecified atom stereocenters. The molecule has 4 heterocycles. The molecular weight excluding hydrogens is 420 g/mol. The Bertz CT molecular complexity index is 1260. The van der Waals surface area contributed by atoms with Crippen molar-refractivity contribution in [2.45, 2.75) is 24.2 Å². The van der Waals surface area contributed by atoms with Gasteiger partial charge in [-0.15, -0.1) is 0 Å². The first-order valence-corrected chi connectivity index (χ1v) is 12.2. The minimum atomic E-state index is -3.64. The molecule has 154 valence electrons. The number of hydrogen-bond donors (Lipinski definition) is 0. The first-order valence-electron chi connectivity index (χ1n) is 9.80. The number of piperidine rings is 1. The number of rotatable bonds is 5. The maximum Gasteiger partial charge on any atom is 0.245 e. The summed E-state index contributed by atoms with van der Waals surface area (Å²) < 4.78 is 33.8. The van der Waals surface area contributed by atoms with E-state index in [-0.39, 0.29) is 10.8 Å². The van der Waals surface area contributed by atoms with Crippen LogP contribution in [0.25, 0.3) is 22.3 Å². The van der Waals surface area contributed by atoms with Gasteiger partial charge in [0.15, 0.2) is 0 Å². The second-order valence-corrected chi connectivity index (χ2v) is 10.1. The number of fused-ring (bicyclic) bond motifs is 1. The SMILES string of the molecule is O=S(=O)(c1cccc2cccnc12)N1CCC[C@@H](Cc2nc(-c3ccsc3)no2)C1. The monoisotopic (exact) mass is 440 g/mol. The van der Waals surface area contributed by atoms with Crippen molar-refractivity contribution in [3.8, 4) is 11.4 Å². The van der Waals surface area contributed by atoms with E-state index in [1.54, 1.807) is 34.0 Å². The molecule has 1 aliphatic rings. The van der Waals surface area contributed by atoms with Gasteiger partial charge in [0.1, 0.15) is 4.90 Å². The Balaban J connectivity index is 1.36. The average molecular weight is 441 g/mol. The predicted molar refractivity (Wildman–Crippen MR) is 115 cm³/mol. The third kappa shape index (κ3) is 3.64. The van der Waals surface area contributed by atoms with Crippen LogP contribution in [-0.2, 0) is 16.4 Å². The van der Waals surface area contributed by atoms with Gasteiger partial charge in [-0.2, -0.15) is 20.6 Å². The van der Waals surface area contributed by atoms with Crippen LogP contribution in [-0.4, -0.2) is 40.9 Å². The largest absolute Gasteiger partial charge is 0.339 e. The molecule has 0 radical (unpaired) electrons. The van der Waals surface area contributed by atoms with Crippen molar-refractivity contribution < 1.29 is 12.9 Å². The quantitative estimate of drug-likeness (QED) is 0.466. The minimum Gasteiger partial charge on any atom is -0.339 e. The number of pyridine rings is 1. The summed E-state index contributed by atoms with van der Waals surface area (Å²) in [5.74, 6) is 1.26. The van der Waals surface area contributed by atoms with Gasteiger partial charge in [0.2, 0.25) is 21.7 Å². The van der Waals surface area contributed by atoms with E-state index in [0.717, 1.165) is 23.8 Å². The molecule has 1 atom stereocenters. The fourth-order valence-corrected chi connectivity index (χ4v) is 6.28. The molecule has 0 bridgehead atoms. The van der Waals surface area contributed by atoms with E-state index in [9.17, 15) is 8.42 Å². The number of sulfonamides is 1. The summed E-state index contributed by atoms with van der Waals surface area (Å²) in [6.45, 7) is 0.938. The van der Waals surface area contributed by atoms with Gasteiger partial charge < -0.3 is 4.52 Å². The summed E-state index contributed by atoms with van der Waals surface area (Å²) in [6.07, 6.45) is 3.92. The Labute approximate surface area is 178 Å². The van der Waals surface area contributed by atoms with Crippen LogP contribution in [0.3, 0.4) is 0 Å². The third-order valence-electron chi connectivity index (χ3n) is 5.41. The lowest BCUT2D eigenvalue weighted by molar-refractivity contribution is 0.247. The summed E-state index contributed by atoms with van der Waals surface area (Å²) in [5, 5.41) is 8.82. The van der Waals surface area contributed by atoms with Crippen molar-refractivity contribution >= 4 is 32.3 Å². The molecule has 1 aliphatic heterocycles. The first-order chi connectivity index (χ1) is 14.6. The zero-order valence-electron chi connectivity index (χ0n) is 16.1. The number of para-hydroxylation sites is 1. The molecule has 1 fully saturated rings. The zero-order chi connectivity index (χ0) is 20.6. The Morgan fingerprint density at radius 2 is 2.10 bits per heavy atom. The van der Waals surface area contributed by atoms with E-state index in [0.29, 0.717) is 36.7 Å². The van der Waals surface area contributed by atoms with Crippen molar-refractivity contribution in [2.75, 3.05) is 13.1 Å². The van der Waals surface area contributed by atoms with Gasteiger partial charge in [-0.25, -0.2) is 8.42 Å². The van der Waals surface area contributed by atoms with Gasteiger partial charge in [0.05, 0.1) is 5.52 Å². The van der Waals surface area contributed by atoms with E-state index in [1.165, 1.54) is 0 Å². The van der Waals surface area contributed by atoms with Crippen LogP contribution in [0.2, 0.25) is 0 Å². The zero-order valence-corrected chi connectivity index (χ0v) is 17.8. The van der Waals surface area contributed by atoms with Gasteiger partial charge in [-0.3, -0.25) is 4.98 Å². The van der Waals surface area contributed by atoms with Gasteiger partial charge in [0, 0.05) is 42.0 Å². The van der Waals surface area contributed by atoms with Crippen molar-refractivity contribution in [1.29, 1.82) is 0 Å². The topological polar surface area (TPSA) is 89.2 Å². The highest BCUT2D eigenvalue weighted by Gasteiger charge is 2.32. The van der Waals surface area contributed by atoms with E-state index in [2.05, 4.69) is 15.1 Å². The molecule has 5 rings (SSSR count). The lowest BCUT2D eigenvalue weighted by Crippen LogP contribution is -2.40. The van der Waals surface area contributed by atoms with Gasteiger partial charge in [0.25, 0.3) is 0 Å². The summed E-state index contributed by atoms with van der Waals surface area (Å²) >= 11 is 1.58. The van der Waals surface area contributed by atoms with Crippen molar-refractivity contribution in [2.24, 2.45) is 5.92 Å². The molecule has 1 saturated heterocycles. The molecule has 0 saturated carbocycles. The number of hydrogen-bond acceptors (Lipinski definition) is 7. The fraction of sp³-hybridized carbons (Fsp3) is 0.286. The lowest BCUT2D eigenvalue weighted by atomic mass is 9.96. The highest BCUT2D eigenvalue weighted by molar-refractivity contribution is 7.89. The maximum atomic E-state index is 13.4. The summed E-state index contributed by atoms with van der Waals surface area (Å²) in [7, 11) is -3.64. The van der Waals surface area contributed by atoms with Crippen LogP contribution in [0.15, 0.2) is 62.8 Å². The van der Waals surface area contributed by atoms with Crippen LogP contribution in [0, 0.1) is 5.92 Å². The molecule has 4 aromatic rings. The molecule has 0 amide bonds. The molecule has 0 aliphatic carbocycles. The number of nitrogens with zero attached hydrogens (tertiary/aromatic N) is 4. The van der Waals surface area contributed by atoms with E-state index in [4.69, 9.17) is 4.52 Å². The fourth-order valence-electron chi connectivity index (χ4n) is 3.93. The summed E-state index contributed by atoms with van der Waals surface area (Å²) in [5.41, 5.74) is 1.45. The Morgan fingerprint density at radius 3 is 2.97 bits per heavy atom. The summed E-state index contributed by atoms with van der Waals surface area (Å²) in [6, 6.07) is 10.9. The highest BCUT2D eigenvalue weighted by Crippen LogP contribution is 2.29. The molecule has 7 nitrogen and oxygen atoms in total. The molecule has 9 heteroatoms.